The molecule has 0 amide bonds. The van der Waals surface area contributed by atoms with Crippen LogP contribution in [0, 0.1) is 18.8 Å². The van der Waals surface area contributed by atoms with Crippen LogP contribution in [0.1, 0.15) is 36.0 Å². The van der Waals surface area contributed by atoms with Gasteiger partial charge in [0.2, 0.25) is 0 Å². The minimum atomic E-state index is 0.569. The maximum atomic E-state index is 4.50. The molecule has 0 aliphatic heterocycles. The van der Waals surface area contributed by atoms with Crippen molar-refractivity contribution in [2.75, 3.05) is 0 Å². The molecule has 2 heterocycles. The van der Waals surface area contributed by atoms with Crippen LogP contribution < -0.4 is 0 Å². The Kier molecular flexibility index (Phi) is 2.81. The first kappa shape index (κ1) is 11.0. The van der Waals surface area contributed by atoms with E-state index in [4.69, 9.17) is 0 Å². The number of hydrogen-bond acceptors (Lipinski definition) is 3. The third kappa shape index (κ3) is 2.57. The summed E-state index contributed by atoms with van der Waals surface area (Å²) in [6.45, 7) is 2.64. The van der Waals surface area contributed by atoms with Gasteiger partial charge >= 0.3 is 0 Å². The molecule has 2 aromatic rings. The van der Waals surface area contributed by atoms with Crippen LogP contribution in [0.2, 0.25) is 0 Å². The first-order valence-electron chi connectivity index (χ1n) is 6.11. The van der Waals surface area contributed by atoms with Crippen molar-refractivity contribution in [1.82, 2.24) is 19.5 Å². The van der Waals surface area contributed by atoms with Crippen molar-refractivity contribution in [1.29, 1.82) is 0 Å². The highest BCUT2D eigenvalue weighted by Crippen LogP contribution is 2.37. The van der Waals surface area contributed by atoms with E-state index in [1.54, 1.807) is 12.5 Å². The van der Waals surface area contributed by atoms with Crippen LogP contribution in [-0.2, 0) is 6.54 Å². The summed E-state index contributed by atoms with van der Waals surface area (Å²) in [4.78, 5) is 12.9. The normalized spacial score (nSPS) is 14.1. The molecule has 1 saturated carbocycles. The van der Waals surface area contributed by atoms with Crippen molar-refractivity contribution in [2.24, 2.45) is 0 Å². The second-order valence-electron chi connectivity index (χ2n) is 4.56. The van der Waals surface area contributed by atoms with E-state index in [-0.39, 0.29) is 0 Å². The zero-order valence-electron chi connectivity index (χ0n) is 10.3. The number of aryl methyl sites for hydroxylation is 1. The smallest absolute Gasteiger partial charge is 0.133 e. The SMILES string of the molecule is Cc1cc(C#CCn2ccnc2)nc(C2CC2)n1. The van der Waals surface area contributed by atoms with E-state index in [1.165, 1.54) is 12.8 Å². The van der Waals surface area contributed by atoms with E-state index in [0.29, 0.717) is 12.5 Å². The fourth-order valence-corrected chi connectivity index (χ4v) is 1.78. The van der Waals surface area contributed by atoms with Crippen molar-refractivity contribution in [3.8, 4) is 11.8 Å². The van der Waals surface area contributed by atoms with E-state index in [9.17, 15) is 0 Å². The summed E-state index contributed by atoms with van der Waals surface area (Å²) in [5, 5.41) is 0. The molecule has 0 bridgehead atoms. The highest BCUT2D eigenvalue weighted by Gasteiger charge is 2.26. The summed E-state index contributed by atoms with van der Waals surface area (Å²) in [7, 11) is 0. The molecule has 2 aromatic heterocycles. The van der Waals surface area contributed by atoms with E-state index in [2.05, 4.69) is 26.8 Å². The van der Waals surface area contributed by atoms with Gasteiger partial charge in [0.05, 0.1) is 12.9 Å². The third-order valence-corrected chi connectivity index (χ3v) is 2.85. The third-order valence-electron chi connectivity index (χ3n) is 2.85. The average Bonchev–Trinajstić information content (AvgIpc) is 3.08. The van der Waals surface area contributed by atoms with Gasteiger partial charge in [0, 0.05) is 24.0 Å². The maximum Gasteiger partial charge on any atom is 0.133 e. The van der Waals surface area contributed by atoms with Gasteiger partial charge in [0.1, 0.15) is 11.5 Å². The zero-order chi connectivity index (χ0) is 12.4. The Labute approximate surface area is 106 Å². The molecular formula is C14H14N4. The fraction of sp³-hybridized carbons (Fsp3) is 0.357. The molecule has 90 valence electrons. The predicted octanol–water partition coefficient (Wildman–Crippen LogP) is 1.91. The average molecular weight is 238 g/mol. The monoisotopic (exact) mass is 238 g/mol. The Morgan fingerprint density at radius 1 is 1.39 bits per heavy atom. The molecule has 0 saturated heterocycles. The van der Waals surface area contributed by atoms with Gasteiger partial charge in [-0.15, -0.1) is 0 Å². The molecule has 0 N–H and O–H groups in total. The molecule has 1 fully saturated rings. The Balaban J connectivity index is 1.77. The quantitative estimate of drug-likeness (QED) is 0.751. The summed E-state index contributed by atoms with van der Waals surface area (Å²) in [6.07, 6.45) is 7.84. The number of imidazole rings is 1. The fourth-order valence-electron chi connectivity index (χ4n) is 1.78. The first-order valence-corrected chi connectivity index (χ1v) is 6.11. The first-order chi connectivity index (χ1) is 8.81. The van der Waals surface area contributed by atoms with Crippen LogP contribution in [0.4, 0.5) is 0 Å². The van der Waals surface area contributed by atoms with Crippen LogP contribution in [-0.4, -0.2) is 19.5 Å². The van der Waals surface area contributed by atoms with Gasteiger partial charge in [0.15, 0.2) is 0 Å². The summed E-state index contributed by atoms with van der Waals surface area (Å²) >= 11 is 0. The molecule has 3 rings (SSSR count). The van der Waals surface area contributed by atoms with Crippen molar-refractivity contribution in [3.63, 3.8) is 0 Å². The number of hydrogen-bond donors (Lipinski definition) is 0. The summed E-state index contributed by atoms with van der Waals surface area (Å²) in [5.74, 6) is 7.73. The van der Waals surface area contributed by atoms with E-state index in [1.807, 2.05) is 23.8 Å². The van der Waals surface area contributed by atoms with Crippen molar-refractivity contribution in [3.05, 3.63) is 42.0 Å². The predicted molar refractivity (Wildman–Crippen MR) is 67.8 cm³/mol. The Hall–Kier alpha value is -2.15. The minimum absolute atomic E-state index is 0.569. The van der Waals surface area contributed by atoms with Crippen LogP contribution >= 0.6 is 0 Å². The van der Waals surface area contributed by atoms with Gasteiger partial charge in [-0.05, 0) is 31.8 Å². The maximum absolute atomic E-state index is 4.50. The summed E-state index contributed by atoms with van der Waals surface area (Å²) in [5.41, 5.74) is 1.82. The van der Waals surface area contributed by atoms with E-state index >= 15 is 0 Å². The van der Waals surface area contributed by atoms with Gasteiger partial charge in [-0.2, -0.15) is 0 Å². The van der Waals surface area contributed by atoms with Gasteiger partial charge < -0.3 is 4.57 Å². The lowest BCUT2D eigenvalue weighted by Gasteiger charge is -1.99. The Morgan fingerprint density at radius 3 is 3.00 bits per heavy atom. The molecule has 1 aliphatic carbocycles. The minimum Gasteiger partial charge on any atom is -0.326 e. The topological polar surface area (TPSA) is 43.6 Å². The molecule has 0 aromatic carbocycles. The Bertz CT molecular complexity index is 600. The van der Waals surface area contributed by atoms with Gasteiger partial charge in [0.25, 0.3) is 0 Å². The second-order valence-corrected chi connectivity index (χ2v) is 4.56. The highest BCUT2D eigenvalue weighted by molar-refractivity contribution is 5.30. The van der Waals surface area contributed by atoms with Crippen molar-refractivity contribution < 1.29 is 0 Å². The standard InChI is InChI=1S/C14H14N4/c1-11-9-13(17-14(16-11)12-4-5-12)3-2-7-18-8-6-15-10-18/h6,8-10,12H,4-5,7H2,1H3. The van der Waals surface area contributed by atoms with Crippen LogP contribution in [0.15, 0.2) is 24.8 Å². The molecule has 0 unspecified atom stereocenters. The van der Waals surface area contributed by atoms with E-state index in [0.717, 1.165) is 17.2 Å². The Morgan fingerprint density at radius 2 is 2.28 bits per heavy atom. The molecule has 0 radical (unpaired) electrons. The number of aromatic nitrogens is 4. The highest BCUT2D eigenvalue weighted by atomic mass is 15.0. The van der Waals surface area contributed by atoms with Crippen LogP contribution in [0.5, 0.6) is 0 Å². The molecule has 4 nitrogen and oxygen atoms in total. The molecule has 4 heteroatoms. The van der Waals surface area contributed by atoms with Gasteiger partial charge in [-0.25, -0.2) is 15.0 Å². The summed E-state index contributed by atoms with van der Waals surface area (Å²) < 4.78 is 1.93. The lowest BCUT2D eigenvalue weighted by atomic mass is 10.3. The van der Waals surface area contributed by atoms with Gasteiger partial charge in [-0.1, -0.05) is 5.92 Å². The van der Waals surface area contributed by atoms with Crippen LogP contribution in [0.3, 0.4) is 0 Å². The number of rotatable bonds is 2. The van der Waals surface area contributed by atoms with Crippen molar-refractivity contribution in [2.45, 2.75) is 32.2 Å². The number of nitrogens with zero attached hydrogens (tertiary/aromatic N) is 4. The molecular weight excluding hydrogens is 224 g/mol. The van der Waals surface area contributed by atoms with E-state index < -0.39 is 0 Å². The molecule has 18 heavy (non-hydrogen) atoms. The lowest BCUT2D eigenvalue weighted by Crippen LogP contribution is -1.98. The van der Waals surface area contributed by atoms with Crippen LogP contribution in [0.25, 0.3) is 0 Å². The summed E-state index contributed by atoms with van der Waals surface area (Å²) in [6, 6.07) is 1.94. The molecule has 1 aliphatic rings. The lowest BCUT2D eigenvalue weighted by molar-refractivity contribution is 0.839. The second kappa shape index (κ2) is 4.61. The van der Waals surface area contributed by atoms with Gasteiger partial charge in [-0.3, -0.25) is 0 Å². The largest absolute Gasteiger partial charge is 0.326 e. The molecule has 0 spiro atoms. The molecule has 0 atom stereocenters. The zero-order valence-corrected chi connectivity index (χ0v) is 10.3. The van der Waals surface area contributed by atoms with Crippen molar-refractivity contribution >= 4 is 0 Å².